The van der Waals surface area contributed by atoms with Crippen molar-refractivity contribution in [2.45, 2.75) is 71.9 Å². The van der Waals surface area contributed by atoms with Gasteiger partial charge in [-0.3, -0.25) is 19.7 Å². The lowest BCUT2D eigenvalue weighted by molar-refractivity contribution is -0.136. The largest absolute Gasteiger partial charge is 0.322 e. The third-order valence-corrected chi connectivity index (χ3v) is 6.61. The highest BCUT2D eigenvalue weighted by Gasteiger charge is 2.41. The number of nitrogens with zero attached hydrogens (tertiary/aromatic N) is 2. The van der Waals surface area contributed by atoms with Gasteiger partial charge < -0.3 is 9.80 Å². The highest BCUT2D eigenvalue weighted by molar-refractivity contribution is 7.10. The number of nitrogens with one attached hydrogen (secondary N) is 1. The lowest BCUT2D eigenvalue weighted by atomic mass is 9.92. The number of fused-ring (bicyclic) bond motifs is 1. The Kier molecular flexibility index (Phi) is 8.19. The average Bonchev–Trinajstić information content (AvgIpc) is 3.26. The van der Waals surface area contributed by atoms with E-state index in [1.165, 1.54) is 4.88 Å². The molecule has 1 aromatic heterocycles. The quantitative estimate of drug-likeness (QED) is 0.763. The molecule has 0 aliphatic carbocycles. The molecule has 1 atom stereocenters. The Bertz CT molecular complexity index is 708. The maximum atomic E-state index is 12.7. The lowest BCUT2D eigenvalue weighted by Crippen LogP contribution is -2.52. The van der Waals surface area contributed by atoms with Crippen LogP contribution in [0.15, 0.2) is 5.38 Å². The molecule has 4 rings (SSSR count). The molecule has 0 spiro atoms. The molecule has 3 aliphatic rings. The number of imide groups is 1. The van der Waals surface area contributed by atoms with Crippen molar-refractivity contribution in [3.05, 3.63) is 21.4 Å². The monoisotopic (exact) mass is 407 g/mol. The van der Waals surface area contributed by atoms with Crippen LogP contribution in [-0.2, 0) is 16.1 Å². The first-order chi connectivity index (χ1) is 13.5. The first-order valence-electron chi connectivity index (χ1n) is 10.5. The summed E-state index contributed by atoms with van der Waals surface area (Å²) in [5.41, 5.74) is 1.88. The van der Waals surface area contributed by atoms with E-state index in [4.69, 9.17) is 0 Å². The number of carbonyl (C=O) groups is 3. The molecule has 0 radical (unpaired) electrons. The topological polar surface area (TPSA) is 69.7 Å². The second kappa shape index (κ2) is 10.2. The number of piperidine rings is 2. The molecule has 4 heterocycles. The molecule has 0 aromatic carbocycles. The van der Waals surface area contributed by atoms with Gasteiger partial charge in [0.1, 0.15) is 6.04 Å². The Labute approximate surface area is 172 Å². The molecular formula is C21H33N3O3S. The summed E-state index contributed by atoms with van der Waals surface area (Å²) in [6.07, 6.45) is 2.97. The van der Waals surface area contributed by atoms with E-state index < -0.39 is 6.04 Å². The van der Waals surface area contributed by atoms with Gasteiger partial charge in [0, 0.05) is 23.2 Å². The van der Waals surface area contributed by atoms with Gasteiger partial charge in [-0.2, -0.15) is 0 Å². The van der Waals surface area contributed by atoms with Crippen LogP contribution in [0.3, 0.4) is 0 Å². The smallest absolute Gasteiger partial charge is 0.256 e. The molecule has 1 N–H and O–H groups in total. The van der Waals surface area contributed by atoms with E-state index in [1.54, 1.807) is 16.2 Å². The van der Waals surface area contributed by atoms with Gasteiger partial charge in [0.05, 0.1) is 5.56 Å². The van der Waals surface area contributed by atoms with E-state index in [0.717, 1.165) is 37.1 Å². The van der Waals surface area contributed by atoms with Crippen molar-refractivity contribution in [1.82, 2.24) is 15.1 Å². The van der Waals surface area contributed by atoms with Crippen LogP contribution in [0, 0.1) is 0 Å². The van der Waals surface area contributed by atoms with Crippen molar-refractivity contribution in [2.75, 3.05) is 20.1 Å². The van der Waals surface area contributed by atoms with Crippen LogP contribution in [0.4, 0.5) is 0 Å². The number of amides is 3. The molecule has 0 bridgehead atoms. The van der Waals surface area contributed by atoms with Crippen LogP contribution >= 0.6 is 11.3 Å². The number of rotatable bonds is 2. The Morgan fingerprint density at radius 2 is 1.68 bits per heavy atom. The summed E-state index contributed by atoms with van der Waals surface area (Å²) in [7, 11) is 2.14. The molecule has 6 nitrogen and oxygen atoms in total. The van der Waals surface area contributed by atoms with Crippen molar-refractivity contribution < 1.29 is 14.4 Å². The van der Waals surface area contributed by atoms with Crippen molar-refractivity contribution in [3.8, 4) is 0 Å². The Morgan fingerprint density at radius 1 is 1.04 bits per heavy atom. The Morgan fingerprint density at radius 3 is 2.29 bits per heavy atom. The minimum Gasteiger partial charge on any atom is -0.322 e. The van der Waals surface area contributed by atoms with Gasteiger partial charge in [-0.15, -0.1) is 11.3 Å². The number of hydrogen-bond donors (Lipinski definition) is 1. The van der Waals surface area contributed by atoms with Gasteiger partial charge in [-0.25, -0.2) is 0 Å². The second-order valence-corrected chi connectivity index (χ2v) is 7.88. The number of hydrogen-bond acceptors (Lipinski definition) is 5. The van der Waals surface area contributed by atoms with Gasteiger partial charge in [0.15, 0.2) is 0 Å². The van der Waals surface area contributed by atoms with Crippen molar-refractivity contribution in [2.24, 2.45) is 0 Å². The summed E-state index contributed by atoms with van der Waals surface area (Å²) in [5, 5.41) is 4.31. The third kappa shape index (κ3) is 4.46. The molecular weight excluding hydrogens is 374 g/mol. The molecule has 2 fully saturated rings. The van der Waals surface area contributed by atoms with Gasteiger partial charge in [-0.05, 0) is 50.9 Å². The van der Waals surface area contributed by atoms with Crippen molar-refractivity contribution in [1.29, 1.82) is 0 Å². The number of likely N-dealkylation sites (tertiary alicyclic amines) is 1. The summed E-state index contributed by atoms with van der Waals surface area (Å²) in [6, 6.07) is -0.516. The molecule has 156 valence electrons. The summed E-state index contributed by atoms with van der Waals surface area (Å²) < 4.78 is 0. The van der Waals surface area contributed by atoms with Crippen molar-refractivity contribution >= 4 is 29.1 Å². The van der Waals surface area contributed by atoms with E-state index in [2.05, 4.69) is 17.3 Å². The van der Waals surface area contributed by atoms with Crippen LogP contribution < -0.4 is 5.32 Å². The van der Waals surface area contributed by atoms with Gasteiger partial charge >= 0.3 is 0 Å². The van der Waals surface area contributed by atoms with Crippen LogP contribution in [0.2, 0.25) is 0 Å². The molecule has 1 unspecified atom stereocenters. The zero-order valence-corrected chi connectivity index (χ0v) is 18.5. The van der Waals surface area contributed by atoms with E-state index in [9.17, 15) is 14.4 Å². The van der Waals surface area contributed by atoms with Gasteiger partial charge in [-0.1, -0.05) is 27.7 Å². The summed E-state index contributed by atoms with van der Waals surface area (Å²) >= 11 is 1.69. The van der Waals surface area contributed by atoms with Gasteiger partial charge in [0.25, 0.3) is 5.91 Å². The van der Waals surface area contributed by atoms with E-state index in [-0.39, 0.29) is 17.7 Å². The minimum atomic E-state index is -0.516. The highest BCUT2D eigenvalue weighted by Crippen LogP contribution is 2.40. The number of carbonyl (C=O) groups excluding carboxylic acids is 3. The maximum Gasteiger partial charge on any atom is 0.256 e. The predicted octanol–water partition coefficient (Wildman–Crippen LogP) is 3.37. The van der Waals surface area contributed by atoms with E-state index >= 15 is 0 Å². The molecule has 0 saturated carbocycles. The molecule has 2 saturated heterocycles. The SMILES string of the molecule is CC.CC.CN1CCC(c2scc3c2CN(C2CCC(=O)NC2=O)C3=O)CC1. The highest BCUT2D eigenvalue weighted by atomic mass is 32.1. The zero-order valence-electron chi connectivity index (χ0n) is 17.7. The van der Waals surface area contributed by atoms with Crippen molar-refractivity contribution in [3.63, 3.8) is 0 Å². The second-order valence-electron chi connectivity index (χ2n) is 6.97. The fourth-order valence-electron chi connectivity index (χ4n) is 3.98. The first-order valence-corrected chi connectivity index (χ1v) is 11.4. The van der Waals surface area contributed by atoms with Crippen LogP contribution in [0.25, 0.3) is 0 Å². The summed E-state index contributed by atoms with van der Waals surface area (Å²) in [5.74, 6) is -0.127. The molecule has 1 aromatic rings. The fraction of sp³-hybridized carbons (Fsp3) is 0.667. The normalized spacial score (nSPS) is 22.7. The Hall–Kier alpha value is -1.73. The average molecular weight is 408 g/mol. The van der Waals surface area contributed by atoms with Crippen LogP contribution in [0.1, 0.15) is 80.1 Å². The minimum absolute atomic E-state index is 0.0603. The standard InChI is InChI=1S/C17H21N3O3S.2C2H6/c1-19-6-4-10(5-7-19)15-11-8-20(17(23)12(11)9-24-15)13-2-3-14(21)18-16(13)22;2*1-2/h9-10,13H,2-8H2,1H3,(H,18,21,22);2*1-2H3. The van der Waals surface area contributed by atoms with Gasteiger partial charge in [0.2, 0.25) is 11.8 Å². The van der Waals surface area contributed by atoms with E-state index in [1.807, 2.05) is 33.1 Å². The Balaban J connectivity index is 0.000000660. The first kappa shape index (κ1) is 22.6. The summed E-state index contributed by atoms with van der Waals surface area (Å²) in [6.45, 7) is 10.7. The lowest BCUT2D eigenvalue weighted by Gasteiger charge is -2.30. The molecule has 3 aliphatic heterocycles. The van der Waals surface area contributed by atoms with Crippen LogP contribution in [0.5, 0.6) is 0 Å². The molecule has 28 heavy (non-hydrogen) atoms. The molecule has 3 amide bonds. The summed E-state index contributed by atoms with van der Waals surface area (Å²) in [4.78, 5) is 41.5. The third-order valence-electron chi connectivity index (χ3n) is 5.42. The maximum absolute atomic E-state index is 12.7. The number of thiophene rings is 1. The fourth-order valence-corrected chi connectivity index (χ4v) is 5.21. The zero-order chi connectivity index (χ0) is 20.8. The predicted molar refractivity (Wildman–Crippen MR) is 113 cm³/mol. The molecule has 7 heteroatoms. The van der Waals surface area contributed by atoms with Crippen LogP contribution in [-0.4, -0.2) is 53.7 Å². The van der Waals surface area contributed by atoms with E-state index in [0.29, 0.717) is 25.3 Å².